The van der Waals surface area contributed by atoms with Crippen molar-refractivity contribution in [1.82, 2.24) is 4.90 Å². The molecule has 0 bridgehead atoms. The summed E-state index contributed by atoms with van der Waals surface area (Å²) >= 11 is 0. The molecule has 1 rings (SSSR count). The lowest BCUT2D eigenvalue weighted by Gasteiger charge is -2.31. The summed E-state index contributed by atoms with van der Waals surface area (Å²) in [5, 5.41) is 0. The van der Waals surface area contributed by atoms with Gasteiger partial charge < -0.3 is 9.64 Å². The highest BCUT2D eigenvalue weighted by atomic mass is 16.5. The van der Waals surface area contributed by atoms with Gasteiger partial charge in [-0.15, -0.1) is 0 Å². The van der Waals surface area contributed by atoms with E-state index in [9.17, 15) is 4.79 Å². The molecular formula is C14H27NO2. The van der Waals surface area contributed by atoms with Gasteiger partial charge in [-0.3, -0.25) is 4.79 Å². The Hall–Kier alpha value is -0.570. The van der Waals surface area contributed by atoms with Crippen molar-refractivity contribution in [3.05, 3.63) is 0 Å². The van der Waals surface area contributed by atoms with E-state index in [0.29, 0.717) is 12.5 Å². The SMILES string of the molecule is CCCCCCCCC(=O)N1CCO[C@H](C)C1. The second kappa shape index (κ2) is 8.51. The van der Waals surface area contributed by atoms with Gasteiger partial charge in [0.25, 0.3) is 0 Å². The zero-order chi connectivity index (χ0) is 12.5. The van der Waals surface area contributed by atoms with Gasteiger partial charge in [-0.05, 0) is 13.3 Å². The average molecular weight is 241 g/mol. The molecule has 0 N–H and O–H groups in total. The van der Waals surface area contributed by atoms with E-state index < -0.39 is 0 Å². The molecule has 0 saturated carbocycles. The number of hydrogen-bond acceptors (Lipinski definition) is 2. The van der Waals surface area contributed by atoms with Crippen LogP contribution in [0.4, 0.5) is 0 Å². The standard InChI is InChI=1S/C14H27NO2/c1-3-4-5-6-7-8-9-14(16)15-10-11-17-13(2)12-15/h13H,3-12H2,1-2H3/t13-/m1/s1. The molecule has 0 radical (unpaired) electrons. The number of carbonyl (C=O) groups is 1. The molecule has 1 atom stereocenters. The molecule has 0 spiro atoms. The van der Waals surface area contributed by atoms with E-state index in [1.54, 1.807) is 0 Å². The highest BCUT2D eigenvalue weighted by molar-refractivity contribution is 5.76. The molecule has 1 fully saturated rings. The second-order valence-corrected chi connectivity index (χ2v) is 5.04. The van der Waals surface area contributed by atoms with Gasteiger partial charge in [-0.25, -0.2) is 0 Å². The van der Waals surface area contributed by atoms with Crippen molar-refractivity contribution < 1.29 is 9.53 Å². The topological polar surface area (TPSA) is 29.5 Å². The number of nitrogens with zero attached hydrogens (tertiary/aromatic N) is 1. The van der Waals surface area contributed by atoms with Crippen LogP contribution < -0.4 is 0 Å². The molecular weight excluding hydrogens is 214 g/mol. The van der Waals surface area contributed by atoms with Gasteiger partial charge in [0.1, 0.15) is 0 Å². The van der Waals surface area contributed by atoms with Crippen LogP contribution in [0.1, 0.15) is 58.8 Å². The van der Waals surface area contributed by atoms with E-state index in [1.807, 2.05) is 11.8 Å². The van der Waals surface area contributed by atoms with Crippen LogP contribution in [0.2, 0.25) is 0 Å². The van der Waals surface area contributed by atoms with E-state index in [4.69, 9.17) is 4.74 Å². The summed E-state index contributed by atoms with van der Waals surface area (Å²) in [7, 11) is 0. The largest absolute Gasteiger partial charge is 0.375 e. The van der Waals surface area contributed by atoms with Crippen LogP contribution in [0.3, 0.4) is 0 Å². The van der Waals surface area contributed by atoms with Gasteiger partial charge in [0.15, 0.2) is 0 Å². The van der Waals surface area contributed by atoms with Crippen molar-refractivity contribution in [3.63, 3.8) is 0 Å². The second-order valence-electron chi connectivity index (χ2n) is 5.04. The maximum absolute atomic E-state index is 11.9. The molecule has 100 valence electrons. The monoisotopic (exact) mass is 241 g/mol. The maximum Gasteiger partial charge on any atom is 0.222 e. The molecule has 1 heterocycles. The Morgan fingerprint density at radius 3 is 2.65 bits per heavy atom. The fourth-order valence-electron chi connectivity index (χ4n) is 2.26. The molecule has 1 saturated heterocycles. The van der Waals surface area contributed by atoms with Crippen LogP contribution in [-0.4, -0.2) is 36.6 Å². The average Bonchev–Trinajstić information content (AvgIpc) is 2.33. The van der Waals surface area contributed by atoms with Crippen LogP contribution in [0.5, 0.6) is 0 Å². The first-order chi connectivity index (χ1) is 8.24. The molecule has 0 aromatic heterocycles. The summed E-state index contributed by atoms with van der Waals surface area (Å²) < 4.78 is 5.43. The predicted octanol–water partition coefficient (Wildman–Crippen LogP) is 2.98. The molecule has 3 heteroatoms. The number of ether oxygens (including phenoxy) is 1. The third kappa shape index (κ3) is 6.06. The van der Waals surface area contributed by atoms with Gasteiger partial charge in [0.2, 0.25) is 5.91 Å². The number of amides is 1. The Balaban J connectivity index is 2.04. The Labute approximate surface area is 106 Å². The minimum atomic E-state index is 0.206. The first kappa shape index (κ1) is 14.5. The van der Waals surface area contributed by atoms with Crippen LogP contribution in [-0.2, 0) is 9.53 Å². The van der Waals surface area contributed by atoms with Gasteiger partial charge >= 0.3 is 0 Å². The highest BCUT2D eigenvalue weighted by Crippen LogP contribution is 2.10. The van der Waals surface area contributed by atoms with Crippen LogP contribution in [0, 0.1) is 0 Å². The molecule has 0 aromatic rings. The summed E-state index contributed by atoms with van der Waals surface area (Å²) in [4.78, 5) is 13.9. The van der Waals surface area contributed by atoms with E-state index >= 15 is 0 Å². The zero-order valence-corrected chi connectivity index (χ0v) is 11.4. The Bertz CT molecular complexity index is 218. The summed E-state index contributed by atoms with van der Waals surface area (Å²) in [6.45, 7) is 6.50. The number of rotatable bonds is 7. The Morgan fingerprint density at radius 1 is 1.24 bits per heavy atom. The first-order valence-corrected chi connectivity index (χ1v) is 7.13. The maximum atomic E-state index is 11.9. The van der Waals surface area contributed by atoms with Crippen molar-refractivity contribution in [2.24, 2.45) is 0 Å². The molecule has 0 aromatic carbocycles. The van der Waals surface area contributed by atoms with E-state index in [-0.39, 0.29) is 6.10 Å². The summed E-state index contributed by atoms with van der Waals surface area (Å²) in [6, 6.07) is 0. The van der Waals surface area contributed by atoms with Crippen LogP contribution in [0.15, 0.2) is 0 Å². The van der Waals surface area contributed by atoms with Gasteiger partial charge in [-0.1, -0.05) is 39.0 Å². The lowest BCUT2D eigenvalue weighted by atomic mass is 10.1. The molecule has 17 heavy (non-hydrogen) atoms. The third-order valence-corrected chi connectivity index (χ3v) is 3.34. The van der Waals surface area contributed by atoms with E-state index in [2.05, 4.69) is 6.92 Å². The Morgan fingerprint density at radius 2 is 1.94 bits per heavy atom. The summed E-state index contributed by atoms with van der Waals surface area (Å²) in [6.07, 6.45) is 8.38. The van der Waals surface area contributed by atoms with Crippen molar-refractivity contribution in [3.8, 4) is 0 Å². The zero-order valence-electron chi connectivity index (χ0n) is 11.4. The fourth-order valence-corrected chi connectivity index (χ4v) is 2.26. The molecule has 1 aliphatic rings. The predicted molar refractivity (Wildman–Crippen MR) is 70.0 cm³/mol. The number of hydrogen-bond donors (Lipinski definition) is 0. The molecule has 3 nitrogen and oxygen atoms in total. The lowest BCUT2D eigenvalue weighted by Crippen LogP contribution is -2.44. The lowest BCUT2D eigenvalue weighted by molar-refractivity contribution is -0.138. The number of unbranched alkanes of at least 4 members (excludes halogenated alkanes) is 5. The summed E-state index contributed by atoms with van der Waals surface area (Å²) in [5.41, 5.74) is 0. The van der Waals surface area contributed by atoms with Gasteiger partial charge in [0.05, 0.1) is 12.7 Å². The Kier molecular flexibility index (Phi) is 7.25. The van der Waals surface area contributed by atoms with Gasteiger partial charge in [0, 0.05) is 19.5 Å². The van der Waals surface area contributed by atoms with E-state index in [1.165, 1.54) is 32.1 Å². The van der Waals surface area contributed by atoms with Crippen molar-refractivity contribution in [2.75, 3.05) is 19.7 Å². The van der Waals surface area contributed by atoms with Crippen molar-refractivity contribution in [2.45, 2.75) is 64.9 Å². The van der Waals surface area contributed by atoms with Crippen LogP contribution in [0.25, 0.3) is 0 Å². The highest BCUT2D eigenvalue weighted by Gasteiger charge is 2.20. The van der Waals surface area contributed by atoms with Gasteiger partial charge in [-0.2, -0.15) is 0 Å². The third-order valence-electron chi connectivity index (χ3n) is 3.34. The van der Waals surface area contributed by atoms with Crippen molar-refractivity contribution >= 4 is 5.91 Å². The molecule has 1 aliphatic heterocycles. The number of carbonyl (C=O) groups excluding carboxylic acids is 1. The smallest absolute Gasteiger partial charge is 0.222 e. The minimum Gasteiger partial charge on any atom is -0.375 e. The normalized spacial score (nSPS) is 20.6. The fraction of sp³-hybridized carbons (Fsp3) is 0.929. The molecule has 0 aliphatic carbocycles. The minimum absolute atomic E-state index is 0.206. The van der Waals surface area contributed by atoms with E-state index in [0.717, 1.165) is 25.9 Å². The summed E-state index contributed by atoms with van der Waals surface area (Å²) in [5.74, 6) is 0.315. The first-order valence-electron chi connectivity index (χ1n) is 7.13. The molecule has 1 amide bonds. The quantitative estimate of drug-likeness (QED) is 0.641. The molecule has 0 unspecified atom stereocenters. The van der Waals surface area contributed by atoms with Crippen molar-refractivity contribution in [1.29, 1.82) is 0 Å². The van der Waals surface area contributed by atoms with Crippen LogP contribution >= 0.6 is 0 Å². The number of morpholine rings is 1.